The van der Waals surface area contributed by atoms with Gasteiger partial charge in [0.1, 0.15) is 11.4 Å². The molecule has 0 spiro atoms. The molecule has 1 aromatic heterocycles. The molecule has 108 valence electrons. The van der Waals surface area contributed by atoms with E-state index in [4.69, 9.17) is 0 Å². The van der Waals surface area contributed by atoms with E-state index in [9.17, 15) is 0 Å². The first kappa shape index (κ1) is 14.7. The average Bonchev–Trinajstić information content (AvgIpc) is 2.85. The summed E-state index contributed by atoms with van der Waals surface area (Å²) >= 11 is 0. The summed E-state index contributed by atoms with van der Waals surface area (Å²) in [6.45, 7) is 5.65. The van der Waals surface area contributed by atoms with Gasteiger partial charge in [-0.25, -0.2) is 4.63 Å². The van der Waals surface area contributed by atoms with Crippen LogP contribution in [0, 0.1) is 6.92 Å². The van der Waals surface area contributed by atoms with Crippen molar-refractivity contribution in [2.45, 2.75) is 26.4 Å². The Hall–Kier alpha value is -1.72. The molecule has 0 fully saturated rings. The Bertz CT molecular complexity index is 498. The number of nitrogens with one attached hydrogen (secondary N) is 1. The van der Waals surface area contributed by atoms with E-state index >= 15 is 0 Å². The zero-order valence-corrected chi connectivity index (χ0v) is 12.2. The topological polar surface area (TPSA) is 54.2 Å². The fraction of sp³-hybridized carbons (Fsp3) is 0.467. The molecule has 0 aliphatic carbocycles. The van der Waals surface area contributed by atoms with Crippen LogP contribution < -0.4 is 5.32 Å². The van der Waals surface area contributed by atoms with Gasteiger partial charge < -0.3 is 10.2 Å². The summed E-state index contributed by atoms with van der Waals surface area (Å²) < 4.78 is 4.66. The van der Waals surface area contributed by atoms with Crippen LogP contribution in [0.15, 0.2) is 35.0 Å². The second-order valence-electron chi connectivity index (χ2n) is 5.05. The molecular weight excluding hydrogens is 252 g/mol. The lowest BCUT2D eigenvalue weighted by molar-refractivity contribution is 0.299. The SMILES string of the molecule is Cc1nonc1CNCCCN(C)Cc1ccccc1. The molecule has 0 saturated heterocycles. The highest BCUT2D eigenvalue weighted by Crippen LogP contribution is 2.03. The van der Waals surface area contributed by atoms with E-state index in [1.807, 2.05) is 13.0 Å². The normalized spacial score (nSPS) is 11.2. The van der Waals surface area contributed by atoms with Crippen molar-refractivity contribution in [2.24, 2.45) is 0 Å². The van der Waals surface area contributed by atoms with E-state index in [0.717, 1.165) is 44.0 Å². The quantitative estimate of drug-likeness (QED) is 0.746. The van der Waals surface area contributed by atoms with Gasteiger partial charge in [-0.2, -0.15) is 0 Å². The van der Waals surface area contributed by atoms with Crippen LogP contribution in [-0.4, -0.2) is 35.4 Å². The van der Waals surface area contributed by atoms with Crippen molar-refractivity contribution in [3.8, 4) is 0 Å². The lowest BCUT2D eigenvalue weighted by atomic mass is 10.2. The molecule has 1 N–H and O–H groups in total. The molecular formula is C15H22N4O. The molecule has 5 nitrogen and oxygen atoms in total. The summed E-state index contributed by atoms with van der Waals surface area (Å²) in [6.07, 6.45) is 1.10. The summed E-state index contributed by atoms with van der Waals surface area (Å²) in [7, 11) is 2.15. The Morgan fingerprint density at radius 1 is 1.20 bits per heavy atom. The number of aromatic nitrogens is 2. The molecule has 20 heavy (non-hydrogen) atoms. The summed E-state index contributed by atoms with van der Waals surface area (Å²) in [5, 5.41) is 11.0. The maximum atomic E-state index is 4.66. The van der Waals surface area contributed by atoms with Gasteiger partial charge in [0, 0.05) is 13.1 Å². The molecule has 1 heterocycles. The van der Waals surface area contributed by atoms with Crippen LogP contribution in [0.4, 0.5) is 0 Å². The Kier molecular flexibility index (Phi) is 5.70. The molecule has 2 rings (SSSR count). The lowest BCUT2D eigenvalue weighted by Crippen LogP contribution is -2.24. The van der Waals surface area contributed by atoms with E-state index in [1.165, 1.54) is 5.56 Å². The van der Waals surface area contributed by atoms with Crippen LogP contribution >= 0.6 is 0 Å². The molecule has 0 bridgehead atoms. The highest BCUT2D eigenvalue weighted by atomic mass is 16.6. The molecule has 0 aliphatic heterocycles. The minimum atomic E-state index is 0.720. The van der Waals surface area contributed by atoms with Crippen molar-refractivity contribution in [1.29, 1.82) is 0 Å². The number of hydrogen-bond acceptors (Lipinski definition) is 5. The van der Waals surface area contributed by atoms with Crippen molar-refractivity contribution in [3.63, 3.8) is 0 Å². The number of nitrogens with zero attached hydrogens (tertiary/aromatic N) is 3. The van der Waals surface area contributed by atoms with E-state index in [0.29, 0.717) is 0 Å². The van der Waals surface area contributed by atoms with Crippen molar-refractivity contribution < 1.29 is 4.63 Å². The third kappa shape index (κ3) is 4.75. The van der Waals surface area contributed by atoms with E-state index < -0.39 is 0 Å². The van der Waals surface area contributed by atoms with Crippen LogP contribution in [0.5, 0.6) is 0 Å². The van der Waals surface area contributed by atoms with Gasteiger partial charge in [-0.3, -0.25) is 0 Å². The van der Waals surface area contributed by atoms with Crippen LogP contribution in [0.25, 0.3) is 0 Å². The first-order valence-electron chi connectivity index (χ1n) is 6.97. The number of aryl methyl sites for hydroxylation is 1. The predicted octanol–water partition coefficient (Wildman–Crippen LogP) is 1.99. The zero-order valence-electron chi connectivity index (χ0n) is 12.2. The second-order valence-corrected chi connectivity index (χ2v) is 5.05. The van der Waals surface area contributed by atoms with Gasteiger partial charge in [0.15, 0.2) is 0 Å². The Morgan fingerprint density at radius 3 is 2.70 bits per heavy atom. The highest BCUT2D eigenvalue weighted by molar-refractivity contribution is 5.14. The van der Waals surface area contributed by atoms with Crippen LogP contribution in [0.2, 0.25) is 0 Å². The maximum Gasteiger partial charge on any atom is 0.121 e. The van der Waals surface area contributed by atoms with Crippen molar-refractivity contribution in [1.82, 2.24) is 20.5 Å². The van der Waals surface area contributed by atoms with Crippen LogP contribution in [0.3, 0.4) is 0 Å². The van der Waals surface area contributed by atoms with Gasteiger partial charge in [0.05, 0.1) is 0 Å². The monoisotopic (exact) mass is 274 g/mol. The van der Waals surface area contributed by atoms with Crippen LogP contribution in [-0.2, 0) is 13.1 Å². The van der Waals surface area contributed by atoms with Crippen molar-refractivity contribution >= 4 is 0 Å². The third-order valence-electron chi connectivity index (χ3n) is 3.23. The first-order chi connectivity index (χ1) is 9.75. The average molecular weight is 274 g/mol. The smallest absolute Gasteiger partial charge is 0.121 e. The molecule has 0 aliphatic rings. The van der Waals surface area contributed by atoms with Crippen molar-refractivity contribution in [3.05, 3.63) is 47.3 Å². The fourth-order valence-corrected chi connectivity index (χ4v) is 2.06. The lowest BCUT2D eigenvalue weighted by Gasteiger charge is -2.16. The summed E-state index contributed by atoms with van der Waals surface area (Å²) in [5.41, 5.74) is 3.11. The van der Waals surface area contributed by atoms with E-state index in [1.54, 1.807) is 0 Å². The Labute approximate surface area is 119 Å². The molecule has 5 heteroatoms. The minimum Gasteiger partial charge on any atom is -0.311 e. The summed E-state index contributed by atoms with van der Waals surface area (Å²) in [4.78, 5) is 2.33. The van der Waals surface area contributed by atoms with Gasteiger partial charge in [0.25, 0.3) is 0 Å². The minimum absolute atomic E-state index is 0.720. The van der Waals surface area contributed by atoms with Gasteiger partial charge in [-0.05, 0) is 39.0 Å². The molecule has 1 aromatic carbocycles. The van der Waals surface area contributed by atoms with Gasteiger partial charge in [0.2, 0.25) is 0 Å². The van der Waals surface area contributed by atoms with Gasteiger partial charge >= 0.3 is 0 Å². The summed E-state index contributed by atoms with van der Waals surface area (Å²) in [6, 6.07) is 10.5. The zero-order chi connectivity index (χ0) is 14.2. The van der Waals surface area contributed by atoms with Gasteiger partial charge in [-0.15, -0.1) is 0 Å². The third-order valence-corrected chi connectivity index (χ3v) is 3.23. The Morgan fingerprint density at radius 2 is 2.00 bits per heavy atom. The molecule has 0 unspecified atom stereocenters. The Balaban J connectivity index is 1.58. The predicted molar refractivity (Wildman–Crippen MR) is 78.1 cm³/mol. The van der Waals surface area contributed by atoms with Gasteiger partial charge in [-0.1, -0.05) is 40.6 Å². The van der Waals surface area contributed by atoms with E-state index in [-0.39, 0.29) is 0 Å². The number of rotatable bonds is 8. The molecule has 2 aromatic rings. The molecule has 0 amide bonds. The number of benzene rings is 1. The highest BCUT2D eigenvalue weighted by Gasteiger charge is 2.04. The molecule has 0 atom stereocenters. The molecule has 0 radical (unpaired) electrons. The van der Waals surface area contributed by atoms with Crippen molar-refractivity contribution in [2.75, 3.05) is 20.1 Å². The number of hydrogen-bond donors (Lipinski definition) is 1. The van der Waals surface area contributed by atoms with E-state index in [2.05, 4.69) is 56.5 Å². The second kappa shape index (κ2) is 7.77. The summed E-state index contributed by atoms with van der Waals surface area (Å²) in [5.74, 6) is 0. The standard InChI is InChI=1S/C15H22N4O/c1-13-15(18-20-17-13)11-16-9-6-10-19(2)12-14-7-4-3-5-8-14/h3-5,7-8,16H,6,9-12H2,1-2H3. The first-order valence-corrected chi connectivity index (χ1v) is 6.97. The fourth-order valence-electron chi connectivity index (χ4n) is 2.06. The largest absolute Gasteiger partial charge is 0.311 e. The van der Waals surface area contributed by atoms with Crippen LogP contribution in [0.1, 0.15) is 23.4 Å². The molecule has 0 saturated carbocycles. The maximum absolute atomic E-state index is 4.66.